The molecule has 0 radical (unpaired) electrons. The number of aromatic nitrogens is 1. The first-order valence-corrected chi connectivity index (χ1v) is 7.02. The van der Waals surface area contributed by atoms with E-state index in [1.165, 1.54) is 0 Å². The van der Waals surface area contributed by atoms with Crippen molar-refractivity contribution >= 4 is 34.1 Å². The normalized spacial score (nSPS) is 29.2. The summed E-state index contributed by atoms with van der Waals surface area (Å²) in [5, 5.41) is 30.0. The van der Waals surface area contributed by atoms with E-state index in [0.717, 1.165) is 0 Å². The van der Waals surface area contributed by atoms with Crippen LogP contribution in [0.2, 0.25) is 10.0 Å². The third-order valence-corrected chi connectivity index (χ3v) is 4.25. The Morgan fingerprint density at radius 1 is 1.24 bits per heavy atom. The molecular formula is C13H13Cl2NO5. The minimum atomic E-state index is -1.25. The highest BCUT2D eigenvalue weighted by Gasteiger charge is 2.44. The number of aliphatic hydroxyl groups is 3. The van der Waals surface area contributed by atoms with Gasteiger partial charge in [-0.1, -0.05) is 23.2 Å². The van der Waals surface area contributed by atoms with Gasteiger partial charge < -0.3 is 29.8 Å². The summed E-state index contributed by atoms with van der Waals surface area (Å²) in [6.45, 7) is -0.409. The van der Waals surface area contributed by atoms with Gasteiger partial charge in [-0.2, -0.15) is 0 Å². The molecule has 0 saturated carbocycles. The van der Waals surface area contributed by atoms with Crippen LogP contribution in [0, 0.1) is 0 Å². The molecule has 4 atom stereocenters. The van der Waals surface area contributed by atoms with Crippen LogP contribution in [0.25, 0.3) is 10.9 Å². The van der Waals surface area contributed by atoms with Crippen LogP contribution in [0.3, 0.4) is 0 Å². The maximum absolute atomic E-state index is 9.86. The van der Waals surface area contributed by atoms with Crippen molar-refractivity contribution in [2.24, 2.45) is 0 Å². The summed E-state index contributed by atoms with van der Waals surface area (Å²) in [5.41, 5.74) is 0.603. The number of ether oxygens (including phenoxy) is 2. The molecule has 1 aliphatic rings. The van der Waals surface area contributed by atoms with E-state index in [2.05, 4.69) is 4.98 Å². The van der Waals surface area contributed by atoms with Gasteiger partial charge >= 0.3 is 0 Å². The summed E-state index contributed by atoms with van der Waals surface area (Å²) >= 11 is 12.0. The summed E-state index contributed by atoms with van der Waals surface area (Å²) in [6.07, 6.45) is -2.86. The number of aromatic amines is 1. The molecule has 0 unspecified atom stereocenters. The Bertz CT molecular complexity index is 661. The predicted octanol–water partition coefficient (Wildman–Crippen LogP) is 1.29. The Kier molecular flexibility index (Phi) is 4.00. The number of H-pyrrole nitrogens is 1. The number of aliphatic hydroxyl groups excluding tert-OH is 3. The standard InChI is InChI=1S/C13H13Cl2NO5/c14-6-2-1-5-7(3-16-10(5)9(6)15)20-13-12(19)11(18)8(4-17)21-13/h1-3,8,11-13,16-19H,4H2/t8-,11-,12+,13+/m0/s1. The summed E-state index contributed by atoms with van der Waals surface area (Å²) in [5.74, 6) is 0.401. The molecule has 1 aromatic heterocycles. The SMILES string of the molecule is OC[C@@H]1O[C@@H](Oc2c[nH]c3c(Cl)c(Cl)ccc23)[C@H](O)[C@H]1O. The third-order valence-electron chi connectivity index (χ3n) is 3.45. The molecule has 0 spiro atoms. The highest BCUT2D eigenvalue weighted by atomic mass is 35.5. The molecule has 0 bridgehead atoms. The first kappa shape index (κ1) is 14.9. The quantitative estimate of drug-likeness (QED) is 0.679. The highest BCUT2D eigenvalue weighted by molar-refractivity contribution is 6.45. The van der Waals surface area contributed by atoms with Gasteiger partial charge in [-0.3, -0.25) is 0 Å². The summed E-state index contributed by atoms with van der Waals surface area (Å²) in [7, 11) is 0. The lowest BCUT2D eigenvalue weighted by molar-refractivity contribution is -0.115. The van der Waals surface area contributed by atoms with Crippen LogP contribution in [0.4, 0.5) is 0 Å². The second kappa shape index (κ2) is 5.64. The fourth-order valence-electron chi connectivity index (χ4n) is 2.30. The molecule has 8 heteroatoms. The van der Waals surface area contributed by atoms with Crippen LogP contribution < -0.4 is 4.74 Å². The van der Waals surface area contributed by atoms with E-state index in [4.69, 9.17) is 37.8 Å². The van der Waals surface area contributed by atoms with Gasteiger partial charge in [0.15, 0.2) is 0 Å². The number of fused-ring (bicyclic) bond motifs is 1. The van der Waals surface area contributed by atoms with E-state index in [1.54, 1.807) is 18.3 Å². The van der Waals surface area contributed by atoms with Gasteiger partial charge in [-0.05, 0) is 12.1 Å². The first-order valence-electron chi connectivity index (χ1n) is 6.27. The van der Waals surface area contributed by atoms with Crippen molar-refractivity contribution in [3.05, 3.63) is 28.4 Å². The van der Waals surface area contributed by atoms with Crippen molar-refractivity contribution in [2.75, 3.05) is 6.61 Å². The molecule has 1 aromatic carbocycles. The minimum Gasteiger partial charge on any atom is -0.460 e. The number of rotatable bonds is 3. The second-order valence-corrected chi connectivity index (χ2v) is 5.55. The summed E-state index contributed by atoms with van der Waals surface area (Å²) in [6, 6.07) is 3.35. The molecule has 1 saturated heterocycles. The zero-order chi connectivity index (χ0) is 15.1. The molecule has 21 heavy (non-hydrogen) atoms. The molecule has 2 aromatic rings. The molecule has 3 rings (SSSR count). The molecule has 0 aliphatic carbocycles. The van der Waals surface area contributed by atoms with Crippen molar-refractivity contribution < 1.29 is 24.8 Å². The number of hydrogen-bond acceptors (Lipinski definition) is 5. The van der Waals surface area contributed by atoms with Gasteiger partial charge in [0.2, 0.25) is 6.29 Å². The zero-order valence-electron chi connectivity index (χ0n) is 10.7. The molecule has 1 fully saturated rings. The maximum Gasteiger partial charge on any atom is 0.229 e. The third kappa shape index (κ3) is 2.48. The van der Waals surface area contributed by atoms with E-state index in [0.29, 0.717) is 26.7 Å². The van der Waals surface area contributed by atoms with E-state index >= 15 is 0 Å². The summed E-state index contributed by atoms with van der Waals surface area (Å²) in [4.78, 5) is 2.93. The van der Waals surface area contributed by atoms with Gasteiger partial charge in [0.05, 0.1) is 22.2 Å². The fourth-order valence-corrected chi connectivity index (χ4v) is 2.67. The predicted molar refractivity (Wildman–Crippen MR) is 76.7 cm³/mol. The van der Waals surface area contributed by atoms with Crippen LogP contribution in [0.1, 0.15) is 0 Å². The number of hydrogen-bond donors (Lipinski definition) is 4. The average Bonchev–Trinajstić information content (AvgIpc) is 3.00. The van der Waals surface area contributed by atoms with E-state index in [1.807, 2.05) is 0 Å². The summed E-state index contributed by atoms with van der Waals surface area (Å²) < 4.78 is 10.8. The van der Waals surface area contributed by atoms with Crippen molar-refractivity contribution in [3.63, 3.8) is 0 Å². The second-order valence-electron chi connectivity index (χ2n) is 4.76. The number of nitrogens with one attached hydrogen (secondary N) is 1. The van der Waals surface area contributed by atoms with Crippen molar-refractivity contribution in [2.45, 2.75) is 24.6 Å². The lowest BCUT2D eigenvalue weighted by Crippen LogP contribution is -2.35. The Balaban J connectivity index is 1.88. The number of halogens is 2. The molecule has 1 aliphatic heterocycles. The van der Waals surface area contributed by atoms with E-state index in [-0.39, 0.29) is 0 Å². The van der Waals surface area contributed by atoms with Gasteiger partial charge in [0.1, 0.15) is 24.1 Å². The highest BCUT2D eigenvalue weighted by Crippen LogP contribution is 2.36. The topological polar surface area (TPSA) is 94.9 Å². The lowest BCUT2D eigenvalue weighted by atomic mass is 10.1. The Morgan fingerprint density at radius 2 is 2.00 bits per heavy atom. The van der Waals surface area contributed by atoms with Crippen molar-refractivity contribution in [1.82, 2.24) is 4.98 Å². The van der Waals surface area contributed by atoms with Gasteiger partial charge in [-0.25, -0.2) is 0 Å². The van der Waals surface area contributed by atoms with E-state index in [9.17, 15) is 10.2 Å². The molecule has 4 N–H and O–H groups in total. The zero-order valence-corrected chi connectivity index (χ0v) is 12.2. The van der Waals surface area contributed by atoms with Crippen LogP contribution >= 0.6 is 23.2 Å². The Hall–Kier alpha value is -1.02. The van der Waals surface area contributed by atoms with Crippen LogP contribution in [-0.2, 0) is 4.74 Å². The maximum atomic E-state index is 9.86. The monoisotopic (exact) mass is 333 g/mol. The Labute approximate surface area is 129 Å². The Morgan fingerprint density at radius 3 is 2.67 bits per heavy atom. The number of benzene rings is 1. The lowest BCUT2D eigenvalue weighted by Gasteiger charge is -2.16. The van der Waals surface area contributed by atoms with Crippen LogP contribution in [0.15, 0.2) is 18.3 Å². The molecular weight excluding hydrogens is 321 g/mol. The molecule has 0 amide bonds. The van der Waals surface area contributed by atoms with E-state index < -0.39 is 31.2 Å². The first-order chi connectivity index (χ1) is 10.0. The molecule has 2 heterocycles. The van der Waals surface area contributed by atoms with Crippen LogP contribution in [-0.4, -0.2) is 51.5 Å². The van der Waals surface area contributed by atoms with Crippen LogP contribution in [0.5, 0.6) is 5.75 Å². The van der Waals surface area contributed by atoms with Gasteiger partial charge in [0, 0.05) is 11.6 Å². The van der Waals surface area contributed by atoms with Gasteiger partial charge in [0.25, 0.3) is 0 Å². The molecule has 6 nitrogen and oxygen atoms in total. The van der Waals surface area contributed by atoms with Gasteiger partial charge in [-0.15, -0.1) is 0 Å². The smallest absolute Gasteiger partial charge is 0.229 e. The van der Waals surface area contributed by atoms with Crippen molar-refractivity contribution in [1.29, 1.82) is 0 Å². The largest absolute Gasteiger partial charge is 0.460 e. The van der Waals surface area contributed by atoms with Crippen molar-refractivity contribution in [3.8, 4) is 5.75 Å². The minimum absolute atomic E-state index is 0.366. The molecule has 114 valence electrons. The average molecular weight is 334 g/mol. The fraction of sp³-hybridized carbons (Fsp3) is 0.385.